The highest BCUT2D eigenvalue weighted by Crippen LogP contribution is 2.23. The zero-order valence-electron chi connectivity index (χ0n) is 13.1. The van der Waals surface area contributed by atoms with Crippen molar-refractivity contribution in [2.24, 2.45) is 5.92 Å². The predicted octanol–water partition coefficient (Wildman–Crippen LogP) is 2.66. The van der Waals surface area contributed by atoms with E-state index < -0.39 is 0 Å². The first-order chi connectivity index (χ1) is 10.2. The zero-order chi connectivity index (χ0) is 15.2. The van der Waals surface area contributed by atoms with Crippen LogP contribution < -0.4 is 5.32 Å². The molecule has 1 aromatic rings. The van der Waals surface area contributed by atoms with Crippen molar-refractivity contribution >= 4 is 11.6 Å². The first-order valence-corrected chi connectivity index (χ1v) is 7.90. The maximum Gasteiger partial charge on any atom is 0.255 e. The van der Waals surface area contributed by atoms with Crippen LogP contribution in [0, 0.1) is 12.8 Å². The molecule has 2 N–H and O–H groups in total. The molecule has 1 saturated heterocycles. The van der Waals surface area contributed by atoms with E-state index in [2.05, 4.69) is 12.2 Å². The van der Waals surface area contributed by atoms with E-state index in [-0.39, 0.29) is 12.5 Å². The number of aliphatic hydroxyl groups excluding tert-OH is 1. The number of piperidine rings is 1. The number of aryl methyl sites for hydroxylation is 1. The molecule has 0 spiro atoms. The second kappa shape index (κ2) is 7.46. The van der Waals surface area contributed by atoms with Gasteiger partial charge in [-0.25, -0.2) is 0 Å². The van der Waals surface area contributed by atoms with Crippen molar-refractivity contribution in [1.82, 2.24) is 4.90 Å². The molecule has 1 aliphatic rings. The molecule has 0 saturated carbocycles. The molecule has 1 fully saturated rings. The number of likely N-dealkylation sites (tertiary alicyclic amines) is 1. The second-order valence-corrected chi connectivity index (χ2v) is 5.89. The van der Waals surface area contributed by atoms with Crippen LogP contribution in [-0.4, -0.2) is 42.2 Å². The molecule has 0 unspecified atom stereocenters. The Morgan fingerprint density at radius 1 is 1.38 bits per heavy atom. The van der Waals surface area contributed by atoms with Gasteiger partial charge in [0.2, 0.25) is 0 Å². The maximum atomic E-state index is 12.8. The van der Waals surface area contributed by atoms with Gasteiger partial charge in [-0.3, -0.25) is 4.79 Å². The number of rotatable bonds is 5. The first-order valence-electron chi connectivity index (χ1n) is 7.90. The van der Waals surface area contributed by atoms with Crippen molar-refractivity contribution in [3.8, 4) is 0 Å². The van der Waals surface area contributed by atoms with Crippen LogP contribution in [0.5, 0.6) is 0 Å². The molecule has 0 atom stereocenters. The summed E-state index contributed by atoms with van der Waals surface area (Å²) in [4.78, 5) is 14.7. The molecule has 0 aromatic heterocycles. The van der Waals surface area contributed by atoms with Crippen LogP contribution in [0.25, 0.3) is 0 Å². The minimum Gasteiger partial charge on any atom is -0.396 e. The van der Waals surface area contributed by atoms with Gasteiger partial charge >= 0.3 is 0 Å². The average Bonchev–Trinajstić information content (AvgIpc) is 2.53. The van der Waals surface area contributed by atoms with Gasteiger partial charge in [0.05, 0.1) is 5.56 Å². The Hall–Kier alpha value is -1.55. The van der Waals surface area contributed by atoms with Crippen molar-refractivity contribution in [1.29, 1.82) is 0 Å². The summed E-state index contributed by atoms with van der Waals surface area (Å²) in [5, 5.41) is 12.5. The van der Waals surface area contributed by atoms with E-state index in [1.54, 1.807) is 0 Å². The lowest BCUT2D eigenvalue weighted by Crippen LogP contribution is -2.39. The number of hydrogen-bond acceptors (Lipinski definition) is 3. The molecule has 1 heterocycles. The number of benzene rings is 1. The zero-order valence-corrected chi connectivity index (χ0v) is 13.1. The van der Waals surface area contributed by atoms with Gasteiger partial charge in [-0.1, -0.05) is 18.6 Å². The van der Waals surface area contributed by atoms with Crippen molar-refractivity contribution in [3.63, 3.8) is 0 Å². The number of hydrogen-bond donors (Lipinski definition) is 2. The highest BCUT2D eigenvalue weighted by Gasteiger charge is 2.24. The van der Waals surface area contributed by atoms with E-state index in [0.29, 0.717) is 5.92 Å². The van der Waals surface area contributed by atoms with Crippen molar-refractivity contribution in [2.45, 2.75) is 33.1 Å². The molecule has 1 aromatic carbocycles. The number of anilines is 1. The van der Waals surface area contributed by atoms with Crippen LogP contribution >= 0.6 is 0 Å². The largest absolute Gasteiger partial charge is 0.396 e. The molecular weight excluding hydrogens is 264 g/mol. The van der Waals surface area contributed by atoms with E-state index in [1.165, 1.54) is 0 Å². The Labute approximate surface area is 127 Å². The molecule has 0 bridgehead atoms. The SMILES string of the molecule is CCCNc1ccc(C)cc1C(=O)N1CCC(CO)CC1. The van der Waals surface area contributed by atoms with E-state index in [9.17, 15) is 9.90 Å². The van der Waals surface area contributed by atoms with Crippen molar-refractivity contribution < 1.29 is 9.90 Å². The molecule has 4 nitrogen and oxygen atoms in total. The van der Waals surface area contributed by atoms with Crippen LogP contribution in [0.2, 0.25) is 0 Å². The van der Waals surface area contributed by atoms with Gasteiger partial charge < -0.3 is 15.3 Å². The lowest BCUT2D eigenvalue weighted by Gasteiger charge is -2.31. The number of carbonyl (C=O) groups excluding carboxylic acids is 1. The van der Waals surface area contributed by atoms with Crippen LogP contribution in [0.3, 0.4) is 0 Å². The molecular formula is C17H26N2O2. The van der Waals surface area contributed by atoms with E-state index >= 15 is 0 Å². The Morgan fingerprint density at radius 2 is 2.10 bits per heavy atom. The van der Waals surface area contributed by atoms with Crippen molar-refractivity contribution in [3.05, 3.63) is 29.3 Å². The van der Waals surface area contributed by atoms with Crippen LogP contribution in [0.1, 0.15) is 42.1 Å². The lowest BCUT2D eigenvalue weighted by molar-refractivity contribution is 0.0651. The third kappa shape index (κ3) is 3.97. The van der Waals surface area contributed by atoms with Crippen molar-refractivity contribution in [2.75, 3.05) is 31.6 Å². The van der Waals surface area contributed by atoms with Gasteiger partial charge in [-0.2, -0.15) is 0 Å². The summed E-state index contributed by atoms with van der Waals surface area (Å²) in [5.41, 5.74) is 2.80. The third-order valence-corrected chi connectivity index (χ3v) is 4.13. The van der Waals surface area contributed by atoms with Crippen LogP contribution in [0.4, 0.5) is 5.69 Å². The summed E-state index contributed by atoms with van der Waals surface area (Å²) in [5.74, 6) is 0.456. The van der Waals surface area contributed by atoms with Gasteiger partial charge in [0.1, 0.15) is 0 Å². The molecule has 1 aliphatic heterocycles. The number of amides is 1. The smallest absolute Gasteiger partial charge is 0.255 e. The first kappa shape index (κ1) is 15.8. The van der Waals surface area contributed by atoms with Crippen LogP contribution in [0.15, 0.2) is 18.2 Å². The summed E-state index contributed by atoms with van der Waals surface area (Å²) >= 11 is 0. The summed E-state index contributed by atoms with van der Waals surface area (Å²) in [6, 6.07) is 6.00. The minimum atomic E-state index is 0.105. The van der Waals surface area contributed by atoms with E-state index in [1.807, 2.05) is 30.0 Å². The quantitative estimate of drug-likeness (QED) is 0.876. The normalized spacial score (nSPS) is 16.0. The topological polar surface area (TPSA) is 52.6 Å². The Morgan fingerprint density at radius 3 is 2.71 bits per heavy atom. The molecule has 2 rings (SSSR count). The third-order valence-electron chi connectivity index (χ3n) is 4.13. The summed E-state index contributed by atoms with van der Waals surface area (Å²) < 4.78 is 0. The van der Waals surface area contributed by atoms with Gasteiger partial charge in [0, 0.05) is 31.9 Å². The average molecular weight is 290 g/mol. The number of nitrogens with zero attached hydrogens (tertiary/aromatic N) is 1. The highest BCUT2D eigenvalue weighted by molar-refractivity contribution is 5.99. The number of carbonyl (C=O) groups is 1. The second-order valence-electron chi connectivity index (χ2n) is 5.89. The Kier molecular flexibility index (Phi) is 5.62. The maximum absolute atomic E-state index is 12.8. The molecule has 21 heavy (non-hydrogen) atoms. The van der Waals surface area contributed by atoms with Gasteiger partial charge in [-0.05, 0) is 44.2 Å². The number of aliphatic hydroxyl groups is 1. The fourth-order valence-electron chi connectivity index (χ4n) is 2.74. The Bertz CT molecular complexity index is 480. The number of nitrogens with one attached hydrogen (secondary N) is 1. The summed E-state index contributed by atoms with van der Waals surface area (Å²) in [6.45, 7) is 6.71. The molecule has 4 heteroatoms. The monoisotopic (exact) mass is 290 g/mol. The molecule has 0 radical (unpaired) electrons. The summed E-state index contributed by atoms with van der Waals surface area (Å²) in [6.07, 6.45) is 2.82. The minimum absolute atomic E-state index is 0.105. The molecule has 0 aliphatic carbocycles. The lowest BCUT2D eigenvalue weighted by atomic mass is 9.97. The molecule has 1 amide bonds. The van der Waals surface area contributed by atoms with E-state index in [0.717, 1.165) is 55.7 Å². The van der Waals surface area contributed by atoms with Gasteiger partial charge in [0.25, 0.3) is 5.91 Å². The predicted molar refractivity (Wildman–Crippen MR) is 85.7 cm³/mol. The fraction of sp³-hybridized carbons (Fsp3) is 0.588. The molecule has 116 valence electrons. The summed E-state index contributed by atoms with van der Waals surface area (Å²) in [7, 11) is 0. The van der Waals surface area contributed by atoms with Gasteiger partial charge in [0.15, 0.2) is 0 Å². The highest BCUT2D eigenvalue weighted by atomic mass is 16.3. The van der Waals surface area contributed by atoms with Gasteiger partial charge in [-0.15, -0.1) is 0 Å². The van der Waals surface area contributed by atoms with Crippen LogP contribution in [-0.2, 0) is 0 Å². The Balaban J connectivity index is 2.12. The van der Waals surface area contributed by atoms with E-state index in [4.69, 9.17) is 0 Å². The standard InChI is InChI=1S/C17H26N2O2/c1-3-8-18-16-5-4-13(2)11-15(16)17(21)19-9-6-14(12-20)7-10-19/h4-5,11,14,18,20H,3,6-10,12H2,1-2H3. The fourth-order valence-corrected chi connectivity index (χ4v) is 2.74.